The number of aliphatic imine (C=N–C) groups is 1. The van der Waals surface area contributed by atoms with Gasteiger partial charge in [-0.2, -0.15) is 0 Å². The van der Waals surface area contributed by atoms with Crippen molar-refractivity contribution < 1.29 is 14.5 Å². The van der Waals surface area contributed by atoms with Crippen LogP contribution in [0.25, 0.3) is 0 Å². The number of fused-ring (bicyclic) bond motifs is 2. The molecule has 5 rings (SSSR count). The van der Waals surface area contributed by atoms with Crippen LogP contribution < -0.4 is 9.47 Å². The molecule has 1 aliphatic carbocycles. The maximum atomic E-state index is 10.9. The second-order valence-corrected chi connectivity index (χ2v) is 13.2. The lowest BCUT2D eigenvalue weighted by atomic mass is 9.81. The number of hydrogen-bond donors (Lipinski definition) is 1. The van der Waals surface area contributed by atoms with Gasteiger partial charge in [-0.15, -0.1) is 5.73 Å². The van der Waals surface area contributed by atoms with Crippen LogP contribution in [0.3, 0.4) is 0 Å². The summed E-state index contributed by atoms with van der Waals surface area (Å²) in [6.45, 7) is 9.84. The van der Waals surface area contributed by atoms with Crippen molar-refractivity contribution in [2.45, 2.75) is 83.5 Å². The molecule has 3 heterocycles. The second-order valence-electron chi connectivity index (χ2n) is 12.8. The van der Waals surface area contributed by atoms with Crippen LogP contribution in [-0.2, 0) is 22.7 Å². The number of allylic oxidation sites excluding steroid dienone is 5. The summed E-state index contributed by atoms with van der Waals surface area (Å²) in [5.74, 6) is 0.417. The molecule has 0 saturated heterocycles. The van der Waals surface area contributed by atoms with Gasteiger partial charge in [0.25, 0.3) is 0 Å². The van der Waals surface area contributed by atoms with Gasteiger partial charge in [-0.25, -0.2) is 4.57 Å². The Morgan fingerprint density at radius 1 is 1.10 bits per heavy atom. The standard InChI is InChI=1S/C36H42ClN3O2/c1-35(2)28-16-12-23-39(5)34(28)38-30(35)21-19-25-13-11-14-26(33(25)37)20-22-31-36(3,4)27-15-8-9-17-29(27)40(31)24-10-6-7-18-32(41)42/h8-9,12,15-17,19-21,23,26H,6-7,10-11,13-14,18,24H2,1-5H3/p+1/b21-19+. The zero-order valence-corrected chi connectivity index (χ0v) is 26.3. The van der Waals surface area contributed by atoms with Gasteiger partial charge >= 0.3 is 11.8 Å². The number of aliphatic carboxylic acids is 1. The van der Waals surface area contributed by atoms with E-state index >= 15 is 0 Å². The molecule has 220 valence electrons. The molecule has 5 nitrogen and oxygen atoms in total. The largest absolute Gasteiger partial charge is 0.481 e. The fourth-order valence-corrected chi connectivity index (χ4v) is 6.91. The average Bonchev–Trinajstić information content (AvgIpc) is 3.34. The number of rotatable bonds is 9. The summed E-state index contributed by atoms with van der Waals surface area (Å²) in [6.07, 6.45) is 14.4. The highest BCUT2D eigenvalue weighted by Gasteiger charge is 2.42. The molecular formula is C36H43ClN3O2+. The van der Waals surface area contributed by atoms with E-state index in [1.54, 1.807) is 0 Å². The lowest BCUT2D eigenvalue weighted by molar-refractivity contribution is -0.658. The van der Waals surface area contributed by atoms with Gasteiger partial charge in [0.1, 0.15) is 0 Å². The van der Waals surface area contributed by atoms with E-state index in [4.69, 9.17) is 21.7 Å². The minimum atomic E-state index is -0.725. The molecule has 42 heavy (non-hydrogen) atoms. The summed E-state index contributed by atoms with van der Waals surface area (Å²) >= 11 is 7.09. The number of nitrogens with zero attached hydrogens (tertiary/aromatic N) is 3. The number of pyridine rings is 1. The maximum absolute atomic E-state index is 10.9. The first-order valence-corrected chi connectivity index (χ1v) is 15.6. The lowest BCUT2D eigenvalue weighted by Gasteiger charge is -2.26. The van der Waals surface area contributed by atoms with E-state index < -0.39 is 5.97 Å². The van der Waals surface area contributed by atoms with Crippen molar-refractivity contribution in [3.8, 4) is 0 Å². The first kappa shape index (κ1) is 30.1. The van der Waals surface area contributed by atoms with Gasteiger partial charge in [0.15, 0.2) is 5.71 Å². The van der Waals surface area contributed by atoms with Crippen molar-refractivity contribution >= 4 is 34.8 Å². The van der Waals surface area contributed by atoms with Crippen LogP contribution in [-0.4, -0.2) is 23.3 Å². The average molecular weight is 585 g/mol. The fraction of sp³-hybridized carbons (Fsp3) is 0.444. The van der Waals surface area contributed by atoms with Crippen LogP contribution in [0.5, 0.6) is 0 Å². The summed E-state index contributed by atoms with van der Waals surface area (Å²) in [5.41, 5.74) is 10.6. The molecule has 0 spiro atoms. The van der Waals surface area contributed by atoms with Crippen LogP contribution in [0.4, 0.5) is 11.5 Å². The summed E-state index contributed by atoms with van der Waals surface area (Å²) in [5, 5.41) is 9.91. The quantitative estimate of drug-likeness (QED) is 0.183. The molecule has 3 aliphatic rings. The third-order valence-electron chi connectivity index (χ3n) is 9.15. The fourth-order valence-electron chi connectivity index (χ4n) is 6.58. The van der Waals surface area contributed by atoms with Gasteiger partial charge in [-0.1, -0.05) is 42.3 Å². The molecule has 6 heteroatoms. The van der Waals surface area contributed by atoms with Crippen molar-refractivity contribution in [2.75, 3.05) is 11.4 Å². The predicted molar refractivity (Wildman–Crippen MR) is 172 cm³/mol. The Morgan fingerprint density at radius 2 is 1.86 bits per heavy atom. The first-order valence-electron chi connectivity index (χ1n) is 15.2. The molecule has 1 unspecified atom stereocenters. The number of carbonyl (C=O) groups is 1. The molecule has 1 N–H and O–H groups in total. The smallest absolute Gasteiger partial charge is 0.327 e. The van der Waals surface area contributed by atoms with E-state index in [1.807, 2.05) is 13.2 Å². The van der Waals surface area contributed by atoms with Crippen molar-refractivity contribution in [3.63, 3.8) is 0 Å². The summed E-state index contributed by atoms with van der Waals surface area (Å²) in [7, 11) is 2.04. The second kappa shape index (κ2) is 12.1. The highest BCUT2D eigenvalue weighted by molar-refractivity contribution is 6.30. The minimum absolute atomic E-state index is 0.123. The Labute approximate surface area is 255 Å². The van der Waals surface area contributed by atoms with E-state index in [1.165, 1.54) is 22.4 Å². The zero-order valence-electron chi connectivity index (χ0n) is 25.6. The van der Waals surface area contributed by atoms with E-state index in [9.17, 15) is 4.79 Å². The number of carboxylic acids is 1. The first-order chi connectivity index (χ1) is 20.0. The Morgan fingerprint density at radius 3 is 2.62 bits per heavy atom. The Kier molecular flexibility index (Phi) is 8.64. The zero-order chi connectivity index (χ0) is 30.1. The Bertz CT molecular complexity index is 1540. The maximum Gasteiger partial charge on any atom is 0.327 e. The number of aryl methyl sites for hydroxylation is 1. The van der Waals surface area contributed by atoms with E-state index in [0.29, 0.717) is 6.42 Å². The summed E-state index contributed by atoms with van der Waals surface area (Å²) < 4.78 is 2.08. The molecule has 2 aromatic rings. The Hall–Kier alpha value is -3.40. The molecule has 1 aromatic carbocycles. The summed E-state index contributed by atoms with van der Waals surface area (Å²) in [4.78, 5) is 18.3. The van der Waals surface area contributed by atoms with Crippen LogP contribution in [0, 0.1) is 5.92 Å². The van der Waals surface area contributed by atoms with Crippen LogP contribution in [0.1, 0.15) is 83.8 Å². The van der Waals surface area contributed by atoms with Gasteiger partial charge in [0.2, 0.25) is 0 Å². The van der Waals surface area contributed by atoms with Crippen LogP contribution in [0.2, 0.25) is 0 Å². The molecule has 0 saturated carbocycles. The minimum Gasteiger partial charge on any atom is -0.481 e. The molecule has 0 bridgehead atoms. The molecule has 1 aromatic heterocycles. The predicted octanol–water partition coefficient (Wildman–Crippen LogP) is 8.21. The van der Waals surface area contributed by atoms with Crippen molar-refractivity contribution in [3.05, 3.63) is 94.0 Å². The highest BCUT2D eigenvalue weighted by Crippen LogP contribution is 2.47. The third kappa shape index (κ3) is 5.78. The summed E-state index contributed by atoms with van der Waals surface area (Å²) in [6, 6.07) is 12.8. The number of carboxylic acid groups (broad SMARTS) is 1. The lowest BCUT2D eigenvalue weighted by Crippen LogP contribution is -2.30. The van der Waals surface area contributed by atoms with Gasteiger partial charge in [-0.3, -0.25) is 4.79 Å². The third-order valence-corrected chi connectivity index (χ3v) is 9.67. The Balaban J connectivity index is 1.40. The van der Waals surface area contributed by atoms with Gasteiger partial charge in [0, 0.05) is 35.0 Å². The topological polar surface area (TPSA) is 56.8 Å². The monoisotopic (exact) mass is 584 g/mol. The van der Waals surface area contributed by atoms with Crippen molar-refractivity contribution in [1.82, 2.24) is 0 Å². The van der Waals surface area contributed by atoms with Gasteiger partial charge < -0.3 is 10.0 Å². The number of aromatic nitrogens is 1. The number of hydrogen-bond acceptors (Lipinski definition) is 3. The van der Waals surface area contributed by atoms with Crippen LogP contribution >= 0.6 is 11.6 Å². The van der Waals surface area contributed by atoms with Crippen molar-refractivity contribution in [2.24, 2.45) is 18.0 Å². The van der Waals surface area contributed by atoms with Gasteiger partial charge in [-0.05, 0) is 106 Å². The molecule has 0 amide bonds. The highest BCUT2D eigenvalue weighted by atomic mass is 35.5. The van der Waals surface area contributed by atoms with E-state index in [-0.39, 0.29) is 23.2 Å². The number of benzene rings is 1. The number of para-hydroxylation sites is 1. The van der Waals surface area contributed by atoms with Gasteiger partial charge in [0.05, 0.1) is 29.9 Å². The van der Waals surface area contributed by atoms with E-state index in [0.717, 1.165) is 60.9 Å². The van der Waals surface area contributed by atoms with Crippen LogP contribution in [0.15, 0.2) is 87.8 Å². The SMILES string of the molecule is C[n+]1cccc2c1N=C(/C=C/C1=C(Cl)C(C=C=C3N(CCCCCC(=O)O)c4ccccc4C3(C)C)CCC1)C2(C)C. The molecule has 1 atom stereocenters. The molecule has 2 aliphatic heterocycles. The molecular weight excluding hydrogens is 542 g/mol. The van der Waals surface area contributed by atoms with E-state index in [2.05, 4.69) is 97.5 Å². The molecule has 0 fully saturated rings. The number of unbranched alkanes of at least 4 members (excludes halogenated alkanes) is 2. The number of anilines is 1. The normalized spacial score (nSPS) is 20.4. The molecule has 0 radical (unpaired) electrons. The van der Waals surface area contributed by atoms with Crippen molar-refractivity contribution in [1.29, 1.82) is 0 Å². The number of halogens is 1.